The second-order valence-electron chi connectivity index (χ2n) is 5.68. The highest BCUT2D eigenvalue weighted by atomic mass is 16.5. The van der Waals surface area contributed by atoms with E-state index in [1.807, 2.05) is 18.2 Å². The van der Waals surface area contributed by atoms with Gasteiger partial charge in [-0.15, -0.1) is 0 Å². The van der Waals surface area contributed by atoms with Gasteiger partial charge in [0, 0.05) is 12.1 Å². The van der Waals surface area contributed by atoms with Crippen molar-refractivity contribution < 1.29 is 9.47 Å². The van der Waals surface area contributed by atoms with E-state index in [9.17, 15) is 0 Å². The number of nitrogens with two attached hydrogens (primary N) is 1. The third-order valence-corrected chi connectivity index (χ3v) is 4.05. The van der Waals surface area contributed by atoms with Crippen molar-refractivity contribution in [1.82, 2.24) is 0 Å². The summed E-state index contributed by atoms with van der Waals surface area (Å²) in [5.41, 5.74) is 11.3. The highest BCUT2D eigenvalue weighted by molar-refractivity contribution is 5.41. The van der Waals surface area contributed by atoms with E-state index in [1.165, 1.54) is 16.7 Å². The molecule has 2 aromatic carbocycles. The summed E-state index contributed by atoms with van der Waals surface area (Å²) in [6.45, 7) is 4.21. The van der Waals surface area contributed by atoms with Crippen LogP contribution in [-0.2, 0) is 6.42 Å². The molecule has 3 nitrogen and oxygen atoms in total. The maximum Gasteiger partial charge on any atom is 0.125 e. The molecule has 0 heterocycles. The number of rotatable bonds is 6. The Morgan fingerprint density at radius 1 is 1.00 bits per heavy atom. The average molecular weight is 299 g/mol. The van der Waals surface area contributed by atoms with E-state index in [0.717, 1.165) is 29.9 Å². The lowest BCUT2D eigenvalue weighted by Gasteiger charge is -2.17. The first kappa shape index (κ1) is 16.4. The quantitative estimate of drug-likeness (QED) is 0.878. The van der Waals surface area contributed by atoms with Crippen LogP contribution in [0.3, 0.4) is 0 Å². The van der Waals surface area contributed by atoms with Gasteiger partial charge in [-0.2, -0.15) is 0 Å². The molecule has 2 aromatic rings. The number of methoxy groups -OCH3 is 2. The van der Waals surface area contributed by atoms with Crippen LogP contribution in [-0.4, -0.2) is 14.2 Å². The minimum absolute atomic E-state index is 0.0340. The molecule has 1 unspecified atom stereocenters. The van der Waals surface area contributed by atoms with Gasteiger partial charge in [0.1, 0.15) is 11.5 Å². The smallest absolute Gasteiger partial charge is 0.125 e. The van der Waals surface area contributed by atoms with E-state index in [4.69, 9.17) is 15.2 Å². The Balaban J connectivity index is 2.10. The maximum atomic E-state index is 6.39. The lowest BCUT2D eigenvalue weighted by atomic mass is 9.94. The molecule has 0 radical (unpaired) electrons. The second-order valence-corrected chi connectivity index (χ2v) is 5.68. The van der Waals surface area contributed by atoms with E-state index < -0.39 is 0 Å². The molecule has 0 aliphatic rings. The summed E-state index contributed by atoms with van der Waals surface area (Å²) in [6.07, 6.45) is 1.76. The molecular weight excluding hydrogens is 274 g/mol. The fraction of sp³-hybridized carbons (Fsp3) is 0.368. The SMILES string of the molecule is COc1ccc(CCC(N)c2cc(C)ccc2C)c(OC)c1. The van der Waals surface area contributed by atoms with Crippen molar-refractivity contribution in [3.8, 4) is 11.5 Å². The molecule has 0 saturated heterocycles. The molecule has 0 aromatic heterocycles. The molecule has 1 atom stereocenters. The average Bonchev–Trinajstić information content (AvgIpc) is 2.54. The van der Waals surface area contributed by atoms with Crippen molar-refractivity contribution in [1.29, 1.82) is 0 Å². The van der Waals surface area contributed by atoms with Crippen molar-refractivity contribution >= 4 is 0 Å². The minimum Gasteiger partial charge on any atom is -0.497 e. The number of aryl methyl sites for hydroxylation is 3. The standard InChI is InChI=1S/C19H25NO2/c1-13-5-6-14(2)17(11-13)18(20)10-8-15-7-9-16(21-3)12-19(15)22-4/h5-7,9,11-12,18H,8,10,20H2,1-4H3. The van der Waals surface area contributed by atoms with Crippen molar-refractivity contribution in [3.05, 3.63) is 58.7 Å². The zero-order valence-electron chi connectivity index (χ0n) is 13.8. The Hall–Kier alpha value is -2.00. The van der Waals surface area contributed by atoms with Gasteiger partial charge in [-0.1, -0.05) is 29.8 Å². The molecule has 0 saturated carbocycles. The van der Waals surface area contributed by atoms with Crippen LogP contribution in [0.5, 0.6) is 11.5 Å². The molecular formula is C19H25NO2. The highest BCUT2D eigenvalue weighted by Crippen LogP contribution is 2.28. The van der Waals surface area contributed by atoms with Crippen molar-refractivity contribution in [2.24, 2.45) is 5.73 Å². The van der Waals surface area contributed by atoms with Crippen LogP contribution in [0.4, 0.5) is 0 Å². The molecule has 118 valence electrons. The third-order valence-electron chi connectivity index (χ3n) is 4.05. The summed E-state index contributed by atoms with van der Waals surface area (Å²) in [5.74, 6) is 1.66. The zero-order valence-corrected chi connectivity index (χ0v) is 13.8. The topological polar surface area (TPSA) is 44.5 Å². The molecule has 2 N–H and O–H groups in total. The summed E-state index contributed by atoms with van der Waals surface area (Å²) in [5, 5.41) is 0. The zero-order chi connectivity index (χ0) is 16.1. The van der Waals surface area contributed by atoms with Crippen LogP contribution in [0, 0.1) is 13.8 Å². The van der Waals surface area contributed by atoms with Gasteiger partial charge in [0.05, 0.1) is 14.2 Å². The van der Waals surface area contributed by atoms with E-state index in [2.05, 4.69) is 32.0 Å². The Morgan fingerprint density at radius 2 is 1.77 bits per heavy atom. The van der Waals surface area contributed by atoms with E-state index >= 15 is 0 Å². The molecule has 0 spiro atoms. The number of hydrogen-bond donors (Lipinski definition) is 1. The van der Waals surface area contributed by atoms with Crippen molar-refractivity contribution in [3.63, 3.8) is 0 Å². The first-order chi connectivity index (χ1) is 10.5. The number of benzene rings is 2. The van der Waals surface area contributed by atoms with Gasteiger partial charge >= 0.3 is 0 Å². The van der Waals surface area contributed by atoms with Gasteiger partial charge in [-0.25, -0.2) is 0 Å². The second kappa shape index (κ2) is 7.32. The lowest BCUT2D eigenvalue weighted by molar-refractivity contribution is 0.390. The van der Waals surface area contributed by atoms with Crippen molar-refractivity contribution in [2.45, 2.75) is 32.7 Å². The fourth-order valence-electron chi connectivity index (χ4n) is 2.68. The summed E-state index contributed by atoms with van der Waals surface area (Å²) < 4.78 is 10.7. The summed E-state index contributed by atoms with van der Waals surface area (Å²) >= 11 is 0. The first-order valence-corrected chi connectivity index (χ1v) is 7.58. The molecule has 2 rings (SSSR count). The third kappa shape index (κ3) is 3.80. The van der Waals surface area contributed by atoms with Gasteiger partial charge in [0.25, 0.3) is 0 Å². The fourth-order valence-corrected chi connectivity index (χ4v) is 2.68. The summed E-state index contributed by atoms with van der Waals surface area (Å²) in [4.78, 5) is 0. The number of ether oxygens (including phenoxy) is 2. The van der Waals surface area contributed by atoms with Gasteiger partial charge in [0.15, 0.2) is 0 Å². The summed E-state index contributed by atoms with van der Waals surface area (Å²) in [6, 6.07) is 12.4. The van der Waals surface area contributed by atoms with Crippen LogP contribution < -0.4 is 15.2 Å². The Labute approximate surface area is 133 Å². The Morgan fingerprint density at radius 3 is 2.45 bits per heavy atom. The molecule has 0 aliphatic carbocycles. The molecule has 0 aliphatic heterocycles. The molecule has 0 amide bonds. The molecule has 3 heteroatoms. The molecule has 0 fully saturated rings. The first-order valence-electron chi connectivity index (χ1n) is 7.58. The van der Waals surface area contributed by atoms with E-state index in [-0.39, 0.29) is 6.04 Å². The largest absolute Gasteiger partial charge is 0.497 e. The van der Waals surface area contributed by atoms with Gasteiger partial charge in [-0.3, -0.25) is 0 Å². The normalized spacial score (nSPS) is 12.0. The maximum absolute atomic E-state index is 6.39. The van der Waals surface area contributed by atoms with Gasteiger partial charge in [-0.05, 0) is 49.4 Å². The minimum atomic E-state index is 0.0340. The monoisotopic (exact) mass is 299 g/mol. The van der Waals surface area contributed by atoms with Crippen LogP contribution in [0.25, 0.3) is 0 Å². The van der Waals surface area contributed by atoms with E-state index in [0.29, 0.717) is 0 Å². The summed E-state index contributed by atoms with van der Waals surface area (Å²) in [7, 11) is 3.34. The van der Waals surface area contributed by atoms with E-state index in [1.54, 1.807) is 14.2 Å². The van der Waals surface area contributed by atoms with Crippen LogP contribution in [0.2, 0.25) is 0 Å². The van der Waals surface area contributed by atoms with Crippen LogP contribution >= 0.6 is 0 Å². The van der Waals surface area contributed by atoms with Gasteiger partial charge in [0.2, 0.25) is 0 Å². The van der Waals surface area contributed by atoms with Crippen molar-refractivity contribution in [2.75, 3.05) is 14.2 Å². The Bertz CT molecular complexity index is 637. The lowest BCUT2D eigenvalue weighted by Crippen LogP contribution is -2.13. The molecule has 0 bridgehead atoms. The predicted octanol–water partition coefficient (Wildman–Crippen LogP) is 3.95. The molecule has 22 heavy (non-hydrogen) atoms. The number of hydrogen-bond acceptors (Lipinski definition) is 3. The van der Waals surface area contributed by atoms with Crippen LogP contribution in [0.1, 0.15) is 34.7 Å². The highest BCUT2D eigenvalue weighted by Gasteiger charge is 2.12. The predicted molar refractivity (Wildman–Crippen MR) is 90.7 cm³/mol. The van der Waals surface area contributed by atoms with Crippen LogP contribution in [0.15, 0.2) is 36.4 Å². The van der Waals surface area contributed by atoms with Gasteiger partial charge < -0.3 is 15.2 Å². The Kier molecular flexibility index (Phi) is 5.45.